The van der Waals surface area contributed by atoms with E-state index in [2.05, 4.69) is 42.3 Å². The van der Waals surface area contributed by atoms with Crippen molar-refractivity contribution in [2.75, 3.05) is 0 Å². The van der Waals surface area contributed by atoms with Gasteiger partial charge in [-0.3, -0.25) is 0 Å². The van der Waals surface area contributed by atoms with Gasteiger partial charge in [-0.05, 0) is 62.3 Å². The van der Waals surface area contributed by atoms with Gasteiger partial charge in [0.25, 0.3) is 0 Å². The van der Waals surface area contributed by atoms with Crippen LogP contribution in [0.25, 0.3) is 0 Å². The van der Waals surface area contributed by atoms with Crippen molar-refractivity contribution in [1.82, 2.24) is 9.13 Å². The van der Waals surface area contributed by atoms with Gasteiger partial charge in [-0.25, -0.2) is 23.2 Å². The van der Waals surface area contributed by atoms with Crippen molar-refractivity contribution in [2.45, 2.75) is 112 Å². The lowest BCUT2D eigenvalue weighted by Gasteiger charge is -2.40. The van der Waals surface area contributed by atoms with Crippen LogP contribution in [-0.2, 0) is 45.2 Å². The molecule has 4 rings (SSSR count). The highest BCUT2D eigenvalue weighted by molar-refractivity contribution is 5.68. The zero-order valence-electron chi connectivity index (χ0n) is 22.1. The van der Waals surface area contributed by atoms with Gasteiger partial charge in [0.2, 0.25) is 0 Å². The second kappa shape index (κ2) is 7.66. The van der Waals surface area contributed by atoms with Crippen LogP contribution in [-0.4, -0.2) is 42.3 Å². The summed E-state index contributed by atoms with van der Waals surface area (Å²) in [6, 6.07) is 0. The van der Waals surface area contributed by atoms with Crippen LogP contribution < -0.4 is 9.13 Å². The van der Waals surface area contributed by atoms with Crippen molar-refractivity contribution in [3.8, 4) is 0 Å². The Balaban J connectivity index is 1.66. The smallest absolute Gasteiger partial charge is 0.381 e. The Morgan fingerprint density at radius 2 is 1.21 bits per heavy atom. The van der Waals surface area contributed by atoms with Gasteiger partial charge in [0, 0.05) is 0 Å². The summed E-state index contributed by atoms with van der Waals surface area (Å²) in [5.41, 5.74) is -1.10. The molecule has 34 heavy (non-hydrogen) atoms. The minimum Gasteiger partial charge on any atom is -0.457 e. The third-order valence-electron chi connectivity index (χ3n) is 6.64. The number of carbonyl (C=O) groups is 2. The monoisotopic (exact) mass is 474 g/mol. The molecule has 9 heteroatoms. The van der Waals surface area contributed by atoms with Gasteiger partial charge in [0.1, 0.15) is 36.0 Å². The summed E-state index contributed by atoms with van der Waals surface area (Å²) in [5.74, 6) is 1.73. The quantitative estimate of drug-likeness (QED) is 0.387. The average molecular weight is 475 g/mol. The molecule has 186 valence electrons. The van der Waals surface area contributed by atoms with Gasteiger partial charge < -0.3 is 9.47 Å². The molecule has 2 aliphatic heterocycles. The molecule has 0 aromatic carbocycles. The van der Waals surface area contributed by atoms with Crippen LogP contribution in [0.1, 0.15) is 80.3 Å². The molecule has 9 nitrogen and oxygen atoms in total. The van der Waals surface area contributed by atoms with E-state index in [9.17, 15) is 9.59 Å². The molecule has 0 spiro atoms. The summed E-state index contributed by atoms with van der Waals surface area (Å²) in [4.78, 5) is 25.1. The van der Waals surface area contributed by atoms with E-state index < -0.39 is 11.2 Å². The Hall–Kier alpha value is -2.68. The zero-order valence-corrected chi connectivity index (χ0v) is 22.1. The molecule has 0 amide bonds. The molecule has 0 fully saturated rings. The number of carbonyl (C=O) groups excluding carboxylic acids is 2. The number of aromatic nitrogens is 4. The summed E-state index contributed by atoms with van der Waals surface area (Å²) in [7, 11) is 0. The van der Waals surface area contributed by atoms with E-state index in [1.165, 1.54) is 0 Å². The molecule has 0 saturated heterocycles. The third kappa shape index (κ3) is 4.26. The number of esters is 2. The largest absolute Gasteiger partial charge is 0.457 e. The van der Waals surface area contributed by atoms with E-state index in [0.717, 1.165) is 29.2 Å². The van der Waals surface area contributed by atoms with E-state index in [1.54, 1.807) is 0 Å². The van der Waals surface area contributed by atoms with Gasteiger partial charge in [-0.15, -0.1) is 9.13 Å². The topological polar surface area (TPSA) is 70.2 Å². The Kier molecular flexibility index (Phi) is 5.51. The van der Waals surface area contributed by atoms with Crippen LogP contribution in [0, 0.1) is 0 Å². The van der Waals surface area contributed by atoms with Crippen molar-refractivity contribution < 1.29 is 32.7 Å². The van der Waals surface area contributed by atoms with Gasteiger partial charge in [-0.1, -0.05) is 0 Å². The lowest BCUT2D eigenvalue weighted by atomic mass is 10.0. The molecule has 0 atom stereocenters. The number of nitrogens with zero attached hydrogens (tertiary/aromatic N) is 5. The number of hydrogen-bond donors (Lipinski definition) is 0. The molecular formula is C25H40N5O4+3. The minimum atomic E-state index is -0.512. The number of imidazole rings is 2. The van der Waals surface area contributed by atoms with E-state index in [1.807, 2.05) is 63.1 Å². The molecule has 0 N–H and O–H groups in total. The number of fused-ring (bicyclic) bond motifs is 5. The Morgan fingerprint density at radius 1 is 0.824 bits per heavy atom. The SMILES string of the molecule is CC(C)(C)OC(=O)C[n+]1ccn2c1C[N+]1(C(C)(C)C)Cc3n(cc[n+]3CC(=O)OC(C)(C)C)C21. The number of quaternary nitrogens is 1. The van der Waals surface area contributed by atoms with Crippen LogP contribution in [0.2, 0.25) is 0 Å². The predicted molar refractivity (Wildman–Crippen MR) is 123 cm³/mol. The van der Waals surface area contributed by atoms with Crippen molar-refractivity contribution >= 4 is 11.9 Å². The van der Waals surface area contributed by atoms with Crippen LogP contribution >= 0.6 is 0 Å². The fourth-order valence-corrected chi connectivity index (χ4v) is 5.18. The van der Waals surface area contributed by atoms with Crippen molar-refractivity contribution in [3.05, 3.63) is 36.4 Å². The first-order chi connectivity index (χ1) is 15.5. The van der Waals surface area contributed by atoms with Crippen molar-refractivity contribution in [2.24, 2.45) is 0 Å². The van der Waals surface area contributed by atoms with Crippen molar-refractivity contribution in [3.63, 3.8) is 0 Å². The molecule has 0 bridgehead atoms. The van der Waals surface area contributed by atoms with Gasteiger partial charge >= 0.3 is 29.9 Å². The van der Waals surface area contributed by atoms with E-state index in [-0.39, 0.29) is 36.9 Å². The molecule has 2 aromatic rings. The second-order valence-electron chi connectivity index (χ2n) is 12.5. The summed E-state index contributed by atoms with van der Waals surface area (Å²) in [5, 5.41) is 0. The first kappa shape index (κ1) is 24.4. The predicted octanol–water partition coefficient (Wildman–Crippen LogP) is 2.19. The van der Waals surface area contributed by atoms with E-state index >= 15 is 0 Å². The third-order valence-corrected chi connectivity index (χ3v) is 6.64. The first-order valence-electron chi connectivity index (χ1n) is 12.0. The Labute approximate surface area is 202 Å². The molecule has 0 radical (unpaired) electrons. The maximum atomic E-state index is 12.5. The lowest BCUT2D eigenvalue weighted by Crippen LogP contribution is -2.58. The lowest BCUT2D eigenvalue weighted by molar-refractivity contribution is -1.02. The maximum Gasteiger partial charge on any atom is 0.381 e. The summed E-state index contributed by atoms with van der Waals surface area (Å²) in [6.45, 7) is 20.0. The fourth-order valence-electron chi connectivity index (χ4n) is 5.18. The van der Waals surface area contributed by atoms with Gasteiger partial charge in [0.15, 0.2) is 26.2 Å². The number of rotatable bonds is 4. The van der Waals surface area contributed by atoms with Crippen molar-refractivity contribution in [1.29, 1.82) is 0 Å². The number of hydrogen-bond acceptors (Lipinski definition) is 4. The highest BCUT2D eigenvalue weighted by Gasteiger charge is 2.67. The van der Waals surface area contributed by atoms with Crippen LogP contribution in [0.3, 0.4) is 0 Å². The molecule has 0 saturated carbocycles. The summed E-state index contributed by atoms with van der Waals surface area (Å²) in [6.07, 6.45) is 8.06. The second-order valence-corrected chi connectivity index (χ2v) is 12.5. The first-order valence-corrected chi connectivity index (χ1v) is 12.0. The molecule has 0 aliphatic carbocycles. The Bertz CT molecular complexity index is 1050. The van der Waals surface area contributed by atoms with Crippen LogP contribution in [0.15, 0.2) is 24.8 Å². The fraction of sp³-hybridized carbons (Fsp3) is 0.680. The summed E-state index contributed by atoms with van der Waals surface area (Å²) < 4.78 is 20.5. The van der Waals surface area contributed by atoms with Crippen LogP contribution in [0.4, 0.5) is 0 Å². The molecule has 0 unspecified atom stereocenters. The van der Waals surface area contributed by atoms with E-state index in [0.29, 0.717) is 0 Å². The molecule has 2 aromatic heterocycles. The average Bonchev–Trinajstić information content (AvgIpc) is 3.31. The molecule has 4 heterocycles. The summed E-state index contributed by atoms with van der Waals surface area (Å²) >= 11 is 0. The van der Waals surface area contributed by atoms with Gasteiger partial charge in [-0.2, -0.15) is 0 Å². The highest BCUT2D eigenvalue weighted by Crippen LogP contribution is 2.48. The molecule has 2 aliphatic rings. The van der Waals surface area contributed by atoms with Crippen LogP contribution in [0.5, 0.6) is 0 Å². The number of ether oxygens (including phenoxy) is 2. The van der Waals surface area contributed by atoms with Gasteiger partial charge in [0.05, 0.1) is 5.54 Å². The minimum absolute atomic E-state index is 0.0183. The zero-order chi connectivity index (χ0) is 25.3. The maximum absolute atomic E-state index is 12.5. The standard InChI is InChI=1S/C25H40N5O4/c1-23(2,3)30-16-18-26(14-20(31)33-24(4,5)6)10-12-28(18)22(30)29-13-11-27(19(29)17-30)15-21(32)34-25(7,8)9/h10-13,22H,14-17H2,1-9H3/q+3. The normalized spacial score (nSPS) is 21.7. The Morgan fingerprint density at radius 3 is 1.53 bits per heavy atom. The highest BCUT2D eigenvalue weighted by atomic mass is 16.6. The molecular weight excluding hydrogens is 434 g/mol. The van der Waals surface area contributed by atoms with E-state index in [4.69, 9.17) is 9.47 Å².